The highest BCUT2D eigenvalue weighted by molar-refractivity contribution is 6.76. The maximum atomic E-state index is 13.2. The molecule has 1 heterocycles. The van der Waals surface area contributed by atoms with Crippen LogP contribution in [0.3, 0.4) is 0 Å². The first-order chi connectivity index (χ1) is 16.1. The first kappa shape index (κ1) is 29.9. The highest BCUT2D eigenvalue weighted by Crippen LogP contribution is 2.46. The average Bonchev–Trinajstić information content (AvgIpc) is 3.06. The number of carbonyl (C=O) groups excluding carboxylic acids is 2. The van der Waals surface area contributed by atoms with Gasteiger partial charge in [-0.15, -0.1) is 0 Å². The fourth-order valence-corrected chi connectivity index (χ4v) is 5.59. The summed E-state index contributed by atoms with van der Waals surface area (Å²) >= 11 is 0. The summed E-state index contributed by atoms with van der Waals surface area (Å²) in [4.78, 5) is 25.9. The monoisotopic (exact) mass is 530 g/mol. The van der Waals surface area contributed by atoms with Gasteiger partial charge < -0.3 is 33.9 Å². The van der Waals surface area contributed by atoms with Crippen molar-refractivity contribution in [2.45, 2.75) is 81.9 Å². The lowest BCUT2D eigenvalue weighted by atomic mass is 9.66. The van der Waals surface area contributed by atoms with Crippen molar-refractivity contribution in [2.75, 3.05) is 27.1 Å². The summed E-state index contributed by atoms with van der Waals surface area (Å²) in [5, 5.41) is 21.9. The number of hydrogen-bond acceptors (Lipinski definition) is 9. The number of cyclic esters (lactones) is 1. The SMILES string of the molecule is C=C1C[C@@H](C(=O)OCC[Si](C)(C)C)[C@](O)(C2=CC(O)OC2=O)[C@H](OCOCC[Si](C)(C)C)[C@@H]1OC. The molecule has 200 valence electrons. The van der Waals surface area contributed by atoms with E-state index in [2.05, 4.69) is 45.9 Å². The van der Waals surface area contributed by atoms with E-state index in [0.717, 1.165) is 18.2 Å². The molecule has 1 fully saturated rings. The molecule has 0 bridgehead atoms. The Bertz CT molecular complexity index is 815. The number of aliphatic hydroxyl groups is 2. The molecule has 1 saturated carbocycles. The maximum Gasteiger partial charge on any atom is 0.339 e. The number of esters is 2. The van der Waals surface area contributed by atoms with Crippen LogP contribution in [0.15, 0.2) is 23.8 Å². The number of carbonyl (C=O) groups is 2. The lowest BCUT2D eigenvalue weighted by Crippen LogP contribution is -2.63. The van der Waals surface area contributed by atoms with E-state index in [1.54, 1.807) is 0 Å². The molecule has 5 atom stereocenters. The third-order valence-corrected chi connectivity index (χ3v) is 9.67. The smallest absolute Gasteiger partial charge is 0.339 e. The van der Waals surface area contributed by atoms with Crippen molar-refractivity contribution in [1.29, 1.82) is 0 Å². The van der Waals surface area contributed by atoms with Crippen molar-refractivity contribution in [1.82, 2.24) is 0 Å². The van der Waals surface area contributed by atoms with Crippen LogP contribution in [-0.2, 0) is 33.3 Å². The average molecular weight is 531 g/mol. The van der Waals surface area contributed by atoms with Gasteiger partial charge in [-0.25, -0.2) is 4.79 Å². The topological polar surface area (TPSA) is 121 Å². The van der Waals surface area contributed by atoms with Gasteiger partial charge in [-0.3, -0.25) is 4.79 Å². The van der Waals surface area contributed by atoms with E-state index in [4.69, 9.17) is 23.7 Å². The van der Waals surface area contributed by atoms with Gasteiger partial charge in [0.05, 0.1) is 18.1 Å². The Labute approximate surface area is 210 Å². The van der Waals surface area contributed by atoms with Crippen LogP contribution in [0.5, 0.6) is 0 Å². The number of aliphatic hydroxyl groups excluding tert-OH is 1. The largest absolute Gasteiger partial charge is 0.466 e. The van der Waals surface area contributed by atoms with Gasteiger partial charge in [-0.05, 0) is 30.2 Å². The second kappa shape index (κ2) is 11.8. The van der Waals surface area contributed by atoms with Crippen LogP contribution < -0.4 is 0 Å². The van der Waals surface area contributed by atoms with Crippen molar-refractivity contribution >= 4 is 28.1 Å². The lowest BCUT2D eigenvalue weighted by molar-refractivity contribution is -0.215. The Hall–Kier alpha value is -1.35. The van der Waals surface area contributed by atoms with E-state index >= 15 is 0 Å². The third kappa shape index (κ3) is 7.82. The Morgan fingerprint density at radius 1 is 1.17 bits per heavy atom. The van der Waals surface area contributed by atoms with Crippen LogP contribution in [0.2, 0.25) is 51.4 Å². The normalized spacial score (nSPS) is 29.7. The molecule has 1 aliphatic heterocycles. The zero-order valence-corrected chi connectivity index (χ0v) is 24.1. The highest BCUT2D eigenvalue weighted by Gasteiger charge is 2.61. The minimum absolute atomic E-state index is 0.0117. The molecule has 35 heavy (non-hydrogen) atoms. The van der Waals surface area contributed by atoms with E-state index in [-0.39, 0.29) is 25.4 Å². The summed E-state index contributed by atoms with van der Waals surface area (Å²) in [6, 6.07) is 1.67. The molecule has 0 aromatic rings. The van der Waals surface area contributed by atoms with Gasteiger partial charge in [0.15, 0.2) is 0 Å². The van der Waals surface area contributed by atoms with Gasteiger partial charge in [-0.2, -0.15) is 0 Å². The minimum atomic E-state index is -2.19. The van der Waals surface area contributed by atoms with Crippen LogP contribution in [0.1, 0.15) is 6.42 Å². The number of ether oxygens (including phenoxy) is 5. The molecule has 2 rings (SSSR count). The van der Waals surface area contributed by atoms with E-state index in [0.29, 0.717) is 12.2 Å². The van der Waals surface area contributed by atoms with Crippen molar-refractivity contribution in [3.63, 3.8) is 0 Å². The van der Waals surface area contributed by atoms with Crippen molar-refractivity contribution in [2.24, 2.45) is 5.92 Å². The lowest BCUT2D eigenvalue weighted by Gasteiger charge is -2.48. The van der Waals surface area contributed by atoms with Gasteiger partial charge in [0.2, 0.25) is 6.29 Å². The Morgan fingerprint density at radius 2 is 1.77 bits per heavy atom. The third-order valence-electron chi connectivity index (χ3n) is 6.26. The van der Waals surface area contributed by atoms with Crippen molar-refractivity contribution in [3.8, 4) is 0 Å². The summed E-state index contributed by atoms with van der Waals surface area (Å²) in [5.41, 5.74) is -1.93. The fraction of sp³-hybridized carbons (Fsp3) is 0.750. The first-order valence-electron chi connectivity index (χ1n) is 12.0. The summed E-state index contributed by atoms with van der Waals surface area (Å²) in [6.07, 6.45) is -2.49. The molecule has 0 amide bonds. The van der Waals surface area contributed by atoms with E-state index < -0.39 is 58.1 Å². The maximum absolute atomic E-state index is 13.2. The fourth-order valence-electron chi connectivity index (χ4n) is 4.12. The number of hydrogen-bond donors (Lipinski definition) is 2. The van der Waals surface area contributed by atoms with Gasteiger partial charge >= 0.3 is 11.9 Å². The highest BCUT2D eigenvalue weighted by atomic mass is 28.3. The molecule has 11 heteroatoms. The molecule has 1 aliphatic carbocycles. The van der Waals surface area contributed by atoms with Gasteiger partial charge in [0.1, 0.15) is 24.6 Å². The Morgan fingerprint density at radius 3 is 2.29 bits per heavy atom. The van der Waals surface area contributed by atoms with E-state index in [1.807, 2.05) is 0 Å². The van der Waals surface area contributed by atoms with Gasteiger partial charge in [0, 0.05) is 29.9 Å². The second-order valence-electron chi connectivity index (χ2n) is 11.7. The predicted molar refractivity (Wildman–Crippen MR) is 136 cm³/mol. The molecule has 0 saturated heterocycles. The summed E-state index contributed by atoms with van der Waals surface area (Å²) < 4.78 is 27.6. The quantitative estimate of drug-likeness (QED) is 0.129. The summed E-state index contributed by atoms with van der Waals surface area (Å²) in [5.74, 6) is -2.82. The number of rotatable bonds is 12. The molecule has 0 spiro atoms. The van der Waals surface area contributed by atoms with E-state index in [9.17, 15) is 19.8 Å². The van der Waals surface area contributed by atoms with E-state index in [1.165, 1.54) is 7.11 Å². The molecular weight excluding hydrogens is 488 g/mol. The molecule has 9 nitrogen and oxygen atoms in total. The molecule has 1 unspecified atom stereocenters. The molecule has 2 N–H and O–H groups in total. The van der Waals surface area contributed by atoms with Crippen LogP contribution in [-0.4, -0.2) is 89.5 Å². The van der Waals surface area contributed by atoms with Crippen LogP contribution >= 0.6 is 0 Å². The molecule has 0 aromatic carbocycles. The Balaban J connectivity index is 2.34. The van der Waals surface area contributed by atoms with Crippen molar-refractivity contribution in [3.05, 3.63) is 23.8 Å². The second-order valence-corrected chi connectivity index (χ2v) is 22.9. The Kier molecular flexibility index (Phi) is 10.1. The zero-order chi connectivity index (χ0) is 26.6. The van der Waals surface area contributed by atoms with Gasteiger partial charge in [0.25, 0.3) is 0 Å². The van der Waals surface area contributed by atoms with Crippen LogP contribution in [0.4, 0.5) is 0 Å². The van der Waals surface area contributed by atoms with Gasteiger partial charge in [-0.1, -0.05) is 45.9 Å². The summed E-state index contributed by atoms with van der Waals surface area (Å²) in [6.45, 7) is 17.7. The standard InChI is InChI=1S/C24H42O9Si2/c1-16-13-17(22(26)31-10-12-35(6,7)8)24(28,18-14-19(25)33-23(18)27)21(20(16)29-2)32-15-30-9-11-34(3,4)5/h14,17,19-21,25,28H,1,9-13,15H2,2-8H3/t17-,19?,20+,21+,24-/m0/s1. The first-order valence-corrected chi connectivity index (χ1v) is 19.4. The van der Waals surface area contributed by atoms with Crippen LogP contribution in [0, 0.1) is 5.92 Å². The molecule has 0 radical (unpaired) electrons. The van der Waals surface area contributed by atoms with Crippen LogP contribution in [0.25, 0.3) is 0 Å². The molecule has 2 aliphatic rings. The predicted octanol–water partition coefficient (Wildman–Crippen LogP) is 2.69. The van der Waals surface area contributed by atoms with Crippen molar-refractivity contribution < 1.29 is 43.5 Å². The number of methoxy groups -OCH3 is 1. The summed E-state index contributed by atoms with van der Waals surface area (Å²) in [7, 11) is -1.36. The zero-order valence-electron chi connectivity index (χ0n) is 22.1. The molecule has 0 aromatic heterocycles. The minimum Gasteiger partial charge on any atom is -0.466 e. The molecular formula is C24H42O9Si2.